The van der Waals surface area contributed by atoms with E-state index >= 15 is 0 Å². The highest BCUT2D eigenvalue weighted by molar-refractivity contribution is 8.00. The third kappa shape index (κ3) is 3.89. The molecular weight excluding hydrogens is 218 g/mol. The van der Waals surface area contributed by atoms with Gasteiger partial charge in [-0.2, -0.15) is 11.8 Å². The summed E-state index contributed by atoms with van der Waals surface area (Å²) in [5, 5.41) is 4.12. The lowest BCUT2D eigenvalue weighted by Gasteiger charge is -2.36. The fourth-order valence-electron chi connectivity index (χ4n) is 1.85. The monoisotopic (exact) mass is 243 g/mol. The summed E-state index contributed by atoms with van der Waals surface area (Å²) in [6, 6.07) is 0. The molecule has 1 fully saturated rings. The third-order valence-electron chi connectivity index (χ3n) is 2.78. The molecule has 1 rings (SSSR count). The second kappa shape index (κ2) is 7.05. The van der Waals surface area contributed by atoms with Gasteiger partial charge in [-0.1, -0.05) is 13.8 Å². The second-order valence-corrected chi connectivity index (χ2v) is 5.77. The standard InChI is InChI=1S/C12H25N3S/c1-5-13-12(14-6-2)15-7-8-16-11(9-15)10(3)4/h10-11H,5-9H2,1-4H3,(H,13,14). The highest BCUT2D eigenvalue weighted by Gasteiger charge is 2.24. The topological polar surface area (TPSA) is 27.6 Å². The largest absolute Gasteiger partial charge is 0.357 e. The number of nitrogens with zero attached hydrogens (tertiary/aromatic N) is 2. The summed E-state index contributed by atoms with van der Waals surface area (Å²) in [4.78, 5) is 6.96. The number of aliphatic imine (C=N–C) groups is 1. The van der Waals surface area contributed by atoms with Crippen molar-refractivity contribution in [3.05, 3.63) is 0 Å². The smallest absolute Gasteiger partial charge is 0.193 e. The number of nitrogens with one attached hydrogen (secondary N) is 1. The molecule has 1 N–H and O–H groups in total. The van der Waals surface area contributed by atoms with Crippen LogP contribution < -0.4 is 5.32 Å². The lowest BCUT2D eigenvalue weighted by molar-refractivity contribution is 0.381. The van der Waals surface area contributed by atoms with Crippen molar-refractivity contribution in [1.29, 1.82) is 0 Å². The Morgan fingerprint density at radius 1 is 1.50 bits per heavy atom. The van der Waals surface area contributed by atoms with Gasteiger partial charge in [-0.15, -0.1) is 0 Å². The van der Waals surface area contributed by atoms with Gasteiger partial charge >= 0.3 is 0 Å². The molecule has 0 radical (unpaired) electrons. The predicted molar refractivity (Wildman–Crippen MR) is 74.3 cm³/mol. The van der Waals surface area contributed by atoms with E-state index in [0.717, 1.165) is 43.3 Å². The van der Waals surface area contributed by atoms with Crippen LogP contribution in [0.5, 0.6) is 0 Å². The Kier molecular flexibility index (Phi) is 6.03. The predicted octanol–water partition coefficient (Wildman–Crippen LogP) is 2.05. The molecule has 1 saturated heterocycles. The van der Waals surface area contributed by atoms with Crippen LogP contribution in [0.2, 0.25) is 0 Å². The van der Waals surface area contributed by atoms with E-state index < -0.39 is 0 Å². The van der Waals surface area contributed by atoms with Crippen LogP contribution in [0.1, 0.15) is 27.7 Å². The molecule has 1 atom stereocenters. The van der Waals surface area contributed by atoms with E-state index in [4.69, 9.17) is 0 Å². The number of hydrogen-bond acceptors (Lipinski definition) is 2. The number of rotatable bonds is 3. The van der Waals surface area contributed by atoms with Gasteiger partial charge < -0.3 is 10.2 Å². The van der Waals surface area contributed by atoms with Crippen LogP contribution in [0.25, 0.3) is 0 Å². The first-order valence-corrected chi connectivity index (χ1v) is 7.38. The van der Waals surface area contributed by atoms with Gasteiger partial charge in [-0.05, 0) is 19.8 Å². The molecule has 1 aliphatic rings. The van der Waals surface area contributed by atoms with Crippen LogP contribution in [0, 0.1) is 5.92 Å². The van der Waals surface area contributed by atoms with E-state index in [1.54, 1.807) is 0 Å². The lowest BCUT2D eigenvalue weighted by atomic mass is 10.1. The van der Waals surface area contributed by atoms with E-state index in [-0.39, 0.29) is 0 Å². The van der Waals surface area contributed by atoms with Gasteiger partial charge in [0.05, 0.1) is 0 Å². The van der Waals surface area contributed by atoms with E-state index in [1.165, 1.54) is 5.75 Å². The fourth-order valence-corrected chi connectivity index (χ4v) is 3.15. The van der Waals surface area contributed by atoms with Crippen LogP contribution in [-0.4, -0.2) is 48.0 Å². The maximum Gasteiger partial charge on any atom is 0.193 e. The molecule has 16 heavy (non-hydrogen) atoms. The van der Waals surface area contributed by atoms with Crippen LogP contribution >= 0.6 is 11.8 Å². The fraction of sp³-hybridized carbons (Fsp3) is 0.917. The summed E-state index contributed by atoms with van der Waals surface area (Å²) in [5.74, 6) is 3.06. The number of thioether (sulfide) groups is 1. The Labute approximate surface area is 104 Å². The summed E-state index contributed by atoms with van der Waals surface area (Å²) in [7, 11) is 0. The average Bonchev–Trinajstić information content (AvgIpc) is 2.29. The first kappa shape index (κ1) is 13.7. The Morgan fingerprint density at radius 3 is 2.81 bits per heavy atom. The molecule has 1 aliphatic heterocycles. The minimum Gasteiger partial charge on any atom is -0.357 e. The Hall–Kier alpha value is -0.380. The average molecular weight is 243 g/mol. The SMILES string of the molecule is CCN=C(NCC)N1CCSC(C(C)C)C1. The molecule has 0 saturated carbocycles. The van der Waals surface area contributed by atoms with Crippen molar-refractivity contribution in [2.75, 3.05) is 31.9 Å². The van der Waals surface area contributed by atoms with Gasteiger partial charge in [-0.25, -0.2) is 0 Å². The molecule has 3 nitrogen and oxygen atoms in total. The van der Waals surface area contributed by atoms with Crippen molar-refractivity contribution in [1.82, 2.24) is 10.2 Å². The van der Waals surface area contributed by atoms with E-state index in [0.29, 0.717) is 0 Å². The van der Waals surface area contributed by atoms with Crippen LogP contribution in [-0.2, 0) is 0 Å². The molecule has 0 aromatic heterocycles. The molecule has 94 valence electrons. The molecule has 0 aromatic rings. The van der Waals surface area contributed by atoms with Gasteiger partial charge in [0.1, 0.15) is 0 Å². The Bertz CT molecular complexity index is 228. The first-order valence-electron chi connectivity index (χ1n) is 6.33. The van der Waals surface area contributed by atoms with Crippen molar-refractivity contribution in [2.45, 2.75) is 32.9 Å². The molecule has 1 unspecified atom stereocenters. The molecule has 1 heterocycles. The normalized spacial score (nSPS) is 22.7. The first-order chi connectivity index (χ1) is 7.69. The zero-order chi connectivity index (χ0) is 12.0. The summed E-state index contributed by atoms with van der Waals surface area (Å²) >= 11 is 2.10. The Balaban J connectivity index is 2.59. The minimum atomic E-state index is 0.745. The van der Waals surface area contributed by atoms with E-state index in [2.05, 4.69) is 54.7 Å². The lowest BCUT2D eigenvalue weighted by Crippen LogP contribution is -2.49. The molecule has 0 aliphatic carbocycles. The second-order valence-electron chi connectivity index (χ2n) is 4.43. The maximum absolute atomic E-state index is 4.55. The van der Waals surface area contributed by atoms with Gasteiger partial charge in [0.25, 0.3) is 0 Å². The third-order valence-corrected chi connectivity index (χ3v) is 4.32. The zero-order valence-corrected chi connectivity index (χ0v) is 11.8. The van der Waals surface area contributed by atoms with Crippen molar-refractivity contribution in [2.24, 2.45) is 10.9 Å². The zero-order valence-electron chi connectivity index (χ0n) is 11.0. The van der Waals surface area contributed by atoms with Gasteiger partial charge in [0.2, 0.25) is 0 Å². The van der Waals surface area contributed by atoms with Gasteiger partial charge in [-0.3, -0.25) is 4.99 Å². The van der Waals surface area contributed by atoms with Gasteiger partial charge in [0, 0.05) is 37.2 Å². The summed E-state index contributed by atoms with van der Waals surface area (Å²) in [5.41, 5.74) is 0. The molecular formula is C12H25N3S. The van der Waals surface area contributed by atoms with Crippen LogP contribution in [0.4, 0.5) is 0 Å². The molecule has 0 amide bonds. The summed E-state index contributed by atoms with van der Waals surface area (Å²) < 4.78 is 0. The Morgan fingerprint density at radius 2 is 2.25 bits per heavy atom. The number of guanidine groups is 1. The van der Waals surface area contributed by atoms with Crippen LogP contribution in [0.15, 0.2) is 4.99 Å². The number of hydrogen-bond donors (Lipinski definition) is 1. The maximum atomic E-state index is 4.55. The highest BCUT2D eigenvalue weighted by atomic mass is 32.2. The summed E-state index contributed by atoms with van der Waals surface area (Å²) in [6.45, 7) is 12.9. The quantitative estimate of drug-likeness (QED) is 0.607. The van der Waals surface area contributed by atoms with Crippen molar-refractivity contribution in [3.8, 4) is 0 Å². The molecule has 0 spiro atoms. The highest BCUT2D eigenvalue weighted by Crippen LogP contribution is 2.24. The van der Waals surface area contributed by atoms with E-state index in [1.807, 2.05) is 0 Å². The van der Waals surface area contributed by atoms with E-state index in [9.17, 15) is 0 Å². The minimum absolute atomic E-state index is 0.745. The molecule has 0 bridgehead atoms. The van der Waals surface area contributed by atoms with Crippen molar-refractivity contribution < 1.29 is 0 Å². The van der Waals surface area contributed by atoms with Crippen molar-refractivity contribution >= 4 is 17.7 Å². The van der Waals surface area contributed by atoms with Gasteiger partial charge in [0.15, 0.2) is 5.96 Å². The van der Waals surface area contributed by atoms with Crippen LogP contribution in [0.3, 0.4) is 0 Å². The van der Waals surface area contributed by atoms with Crippen molar-refractivity contribution in [3.63, 3.8) is 0 Å². The molecule has 0 aromatic carbocycles. The summed E-state index contributed by atoms with van der Waals surface area (Å²) in [6.07, 6.45) is 0. The molecule has 4 heteroatoms.